The van der Waals surface area contributed by atoms with Crippen LogP contribution < -0.4 is 10.9 Å². The van der Waals surface area contributed by atoms with Crippen LogP contribution in [-0.4, -0.2) is 20.7 Å². The number of hydrogen-bond acceptors (Lipinski definition) is 4. The van der Waals surface area contributed by atoms with Gasteiger partial charge in [0.15, 0.2) is 0 Å². The van der Waals surface area contributed by atoms with E-state index in [0.29, 0.717) is 17.1 Å². The van der Waals surface area contributed by atoms with Crippen LogP contribution in [0.2, 0.25) is 0 Å². The normalized spacial score (nSPS) is 10.6. The zero-order valence-electron chi connectivity index (χ0n) is 16.7. The second-order valence-corrected chi connectivity index (χ2v) is 6.88. The van der Waals surface area contributed by atoms with Crippen molar-refractivity contribution in [1.29, 1.82) is 0 Å². The average Bonchev–Trinajstić information content (AvgIpc) is 2.78. The van der Waals surface area contributed by atoms with E-state index in [0.717, 1.165) is 16.7 Å². The molecule has 1 amide bonds. The molecule has 6 heteroatoms. The van der Waals surface area contributed by atoms with E-state index >= 15 is 0 Å². The molecule has 0 aliphatic carbocycles. The molecule has 30 heavy (non-hydrogen) atoms. The Morgan fingerprint density at radius 3 is 2.17 bits per heavy atom. The minimum Gasteiger partial charge on any atom is -0.306 e. The van der Waals surface area contributed by atoms with Crippen LogP contribution in [-0.2, 0) is 7.05 Å². The van der Waals surface area contributed by atoms with Crippen molar-refractivity contribution in [2.45, 2.75) is 6.92 Å². The summed E-state index contributed by atoms with van der Waals surface area (Å²) in [6.07, 6.45) is 1.60. The number of aryl methyl sites for hydroxylation is 2. The molecule has 4 aromatic rings. The lowest BCUT2D eigenvalue weighted by atomic mass is 9.95. The molecule has 0 radical (unpaired) electrons. The Balaban J connectivity index is 1.97. The van der Waals surface area contributed by atoms with Crippen LogP contribution in [0.4, 0.5) is 5.82 Å². The predicted octanol–water partition coefficient (Wildman–Crippen LogP) is 4.07. The standard InChI is InChI=1S/C24H20N4O2/c1-16-10-9-15-25-22(16)26-23(29)20-19(17-11-5-3-6-12-17)21(27-28(2)24(20)30)18-13-7-4-8-14-18/h3-15H,1-2H3,(H,25,26,29). The van der Waals surface area contributed by atoms with Crippen molar-refractivity contribution in [2.75, 3.05) is 5.32 Å². The van der Waals surface area contributed by atoms with Gasteiger partial charge in [-0.05, 0) is 24.1 Å². The molecule has 6 nitrogen and oxygen atoms in total. The van der Waals surface area contributed by atoms with Gasteiger partial charge in [0.25, 0.3) is 11.5 Å². The number of carbonyl (C=O) groups is 1. The molecule has 2 aromatic heterocycles. The molecule has 0 aliphatic rings. The van der Waals surface area contributed by atoms with Gasteiger partial charge in [-0.2, -0.15) is 5.10 Å². The fourth-order valence-electron chi connectivity index (χ4n) is 3.31. The maximum atomic E-state index is 13.3. The lowest BCUT2D eigenvalue weighted by Gasteiger charge is -2.16. The molecule has 148 valence electrons. The summed E-state index contributed by atoms with van der Waals surface area (Å²) < 4.78 is 1.20. The first-order chi connectivity index (χ1) is 14.6. The van der Waals surface area contributed by atoms with Crippen molar-refractivity contribution < 1.29 is 4.79 Å². The second kappa shape index (κ2) is 8.13. The molecule has 0 aliphatic heterocycles. The first kappa shape index (κ1) is 19.3. The Labute approximate surface area is 173 Å². The molecule has 0 saturated heterocycles. The molecule has 4 rings (SSSR count). The Kier molecular flexibility index (Phi) is 5.22. The van der Waals surface area contributed by atoms with Crippen LogP contribution in [0, 0.1) is 6.92 Å². The third-order valence-electron chi connectivity index (χ3n) is 4.82. The number of rotatable bonds is 4. The van der Waals surface area contributed by atoms with Crippen molar-refractivity contribution in [3.63, 3.8) is 0 Å². The lowest BCUT2D eigenvalue weighted by Crippen LogP contribution is -2.31. The van der Waals surface area contributed by atoms with Crippen LogP contribution in [0.1, 0.15) is 15.9 Å². The van der Waals surface area contributed by atoms with Crippen molar-refractivity contribution in [3.05, 3.63) is 100 Å². The third kappa shape index (κ3) is 3.63. The van der Waals surface area contributed by atoms with Gasteiger partial charge < -0.3 is 5.32 Å². The quantitative estimate of drug-likeness (QED) is 0.564. The molecule has 2 heterocycles. The van der Waals surface area contributed by atoms with Gasteiger partial charge in [-0.15, -0.1) is 0 Å². The zero-order valence-corrected chi connectivity index (χ0v) is 16.7. The van der Waals surface area contributed by atoms with E-state index in [2.05, 4.69) is 15.4 Å². The van der Waals surface area contributed by atoms with E-state index in [-0.39, 0.29) is 5.56 Å². The van der Waals surface area contributed by atoms with Crippen LogP contribution in [0.25, 0.3) is 22.4 Å². The monoisotopic (exact) mass is 396 g/mol. The Morgan fingerprint density at radius 1 is 0.900 bits per heavy atom. The van der Waals surface area contributed by atoms with Gasteiger partial charge in [0.1, 0.15) is 11.4 Å². The fourth-order valence-corrected chi connectivity index (χ4v) is 3.31. The molecule has 0 bridgehead atoms. The first-order valence-electron chi connectivity index (χ1n) is 9.51. The maximum Gasteiger partial charge on any atom is 0.280 e. The van der Waals surface area contributed by atoms with Crippen LogP contribution >= 0.6 is 0 Å². The smallest absolute Gasteiger partial charge is 0.280 e. The van der Waals surface area contributed by atoms with Gasteiger partial charge in [0.05, 0.1) is 5.69 Å². The molecule has 1 N–H and O–H groups in total. The van der Waals surface area contributed by atoms with Crippen LogP contribution in [0.3, 0.4) is 0 Å². The van der Waals surface area contributed by atoms with Gasteiger partial charge in [-0.1, -0.05) is 66.7 Å². The number of nitrogens with one attached hydrogen (secondary N) is 1. The Hall–Kier alpha value is -4.06. The van der Waals surface area contributed by atoms with Crippen LogP contribution in [0.5, 0.6) is 0 Å². The number of pyridine rings is 1. The summed E-state index contributed by atoms with van der Waals surface area (Å²) in [5, 5.41) is 7.29. The number of hydrogen-bond donors (Lipinski definition) is 1. The summed E-state index contributed by atoms with van der Waals surface area (Å²) in [4.78, 5) is 30.6. The van der Waals surface area contributed by atoms with Gasteiger partial charge >= 0.3 is 0 Å². The molecular weight excluding hydrogens is 376 g/mol. The summed E-state index contributed by atoms with van der Waals surface area (Å²) in [5.41, 5.74) is 2.98. The molecule has 2 aromatic carbocycles. The second-order valence-electron chi connectivity index (χ2n) is 6.88. The van der Waals surface area contributed by atoms with Gasteiger partial charge in [0.2, 0.25) is 0 Å². The number of aromatic nitrogens is 3. The van der Waals surface area contributed by atoms with Crippen molar-refractivity contribution in [1.82, 2.24) is 14.8 Å². The minimum atomic E-state index is -0.518. The number of anilines is 1. The first-order valence-corrected chi connectivity index (χ1v) is 9.51. The molecule has 0 fully saturated rings. The van der Waals surface area contributed by atoms with Gasteiger partial charge in [0, 0.05) is 24.4 Å². The lowest BCUT2D eigenvalue weighted by molar-refractivity contribution is 0.102. The maximum absolute atomic E-state index is 13.3. The van der Waals surface area contributed by atoms with E-state index in [4.69, 9.17) is 0 Å². The summed E-state index contributed by atoms with van der Waals surface area (Å²) in [5.74, 6) is -0.0996. The third-order valence-corrected chi connectivity index (χ3v) is 4.82. The molecule has 0 saturated carbocycles. The molecular formula is C24H20N4O2. The minimum absolute atomic E-state index is 0.0302. The summed E-state index contributed by atoms with van der Waals surface area (Å²) in [6.45, 7) is 1.85. The highest BCUT2D eigenvalue weighted by atomic mass is 16.2. The summed E-state index contributed by atoms with van der Waals surface area (Å²) in [7, 11) is 1.55. The topological polar surface area (TPSA) is 76.9 Å². The highest BCUT2D eigenvalue weighted by Crippen LogP contribution is 2.32. The van der Waals surface area contributed by atoms with E-state index < -0.39 is 11.5 Å². The number of nitrogens with zero attached hydrogens (tertiary/aromatic N) is 3. The van der Waals surface area contributed by atoms with Crippen molar-refractivity contribution >= 4 is 11.7 Å². The molecule has 0 spiro atoms. The van der Waals surface area contributed by atoms with E-state index in [1.54, 1.807) is 19.3 Å². The van der Waals surface area contributed by atoms with Gasteiger partial charge in [-0.3, -0.25) is 9.59 Å². The van der Waals surface area contributed by atoms with E-state index in [9.17, 15) is 9.59 Å². The van der Waals surface area contributed by atoms with E-state index in [1.807, 2.05) is 73.7 Å². The Morgan fingerprint density at radius 2 is 1.53 bits per heavy atom. The Bertz CT molecular complexity index is 1270. The SMILES string of the molecule is Cc1cccnc1NC(=O)c1c(-c2ccccc2)c(-c2ccccc2)nn(C)c1=O. The number of benzene rings is 2. The summed E-state index contributed by atoms with van der Waals surface area (Å²) >= 11 is 0. The van der Waals surface area contributed by atoms with Crippen molar-refractivity contribution in [2.24, 2.45) is 7.05 Å². The zero-order chi connectivity index (χ0) is 21.1. The predicted molar refractivity (Wildman–Crippen MR) is 117 cm³/mol. The van der Waals surface area contributed by atoms with E-state index in [1.165, 1.54) is 4.68 Å². The molecule has 0 atom stereocenters. The largest absolute Gasteiger partial charge is 0.306 e. The number of amides is 1. The van der Waals surface area contributed by atoms with Crippen molar-refractivity contribution in [3.8, 4) is 22.4 Å². The number of carbonyl (C=O) groups excluding carboxylic acids is 1. The van der Waals surface area contributed by atoms with Gasteiger partial charge in [-0.25, -0.2) is 9.67 Å². The highest BCUT2D eigenvalue weighted by molar-refractivity contribution is 6.10. The summed E-state index contributed by atoms with van der Waals surface area (Å²) in [6, 6.07) is 22.5. The fraction of sp³-hybridized carbons (Fsp3) is 0.0833. The average molecular weight is 396 g/mol. The highest BCUT2D eigenvalue weighted by Gasteiger charge is 2.24. The molecule has 0 unspecified atom stereocenters. The van der Waals surface area contributed by atoms with Crippen LogP contribution in [0.15, 0.2) is 83.8 Å².